The summed E-state index contributed by atoms with van der Waals surface area (Å²) >= 11 is 1.63. The van der Waals surface area contributed by atoms with E-state index in [1.807, 2.05) is 42.5 Å². The van der Waals surface area contributed by atoms with E-state index in [9.17, 15) is 9.90 Å². The Hall–Kier alpha value is -1.20. The van der Waals surface area contributed by atoms with Crippen molar-refractivity contribution < 1.29 is 9.90 Å². The van der Waals surface area contributed by atoms with Crippen molar-refractivity contribution in [3.05, 3.63) is 24.3 Å². The number of aliphatic hydroxyl groups is 1. The van der Waals surface area contributed by atoms with E-state index in [2.05, 4.69) is 5.32 Å². The normalized spacial score (nSPS) is 21.9. The van der Waals surface area contributed by atoms with Crippen LogP contribution in [0.3, 0.4) is 0 Å². The lowest BCUT2D eigenvalue weighted by Crippen LogP contribution is -2.42. The highest BCUT2D eigenvalue weighted by Gasteiger charge is 2.26. The van der Waals surface area contributed by atoms with Crippen molar-refractivity contribution >= 4 is 23.5 Å². The van der Waals surface area contributed by atoms with Gasteiger partial charge in [0.1, 0.15) is 0 Å². The van der Waals surface area contributed by atoms with Crippen LogP contribution in [0.2, 0.25) is 0 Å². The molecule has 2 amide bonds. The highest BCUT2D eigenvalue weighted by molar-refractivity contribution is 7.98. The summed E-state index contributed by atoms with van der Waals surface area (Å²) in [5.74, 6) is 0.412. The molecule has 1 aromatic rings. The Morgan fingerprint density at radius 3 is 2.62 bits per heavy atom. The van der Waals surface area contributed by atoms with E-state index in [-0.39, 0.29) is 18.7 Å². The van der Waals surface area contributed by atoms with E-state index in [4.69, 9.17) is 0 Å². The Morgan fingerprint density at radius 1 is 1.33 bits per heavy atom. The molecular weight excluding hydrogens is 284 g/mol. The third-order valence-electron chi connectivity index (χ3n) is 4.29. The van der Waals surface area contributed by atoms with Crippen molar-refractivity contribution in [3.63, 3.8) is 0 Å². The highest BCUT2D eigenvalue weighted by Crippen LogP contribution is 2.28. The summed E-state index contributed by atoms with van der Waals surface area (Å²) < 4.78 is 0. The largest absolute Gasteiger partial charge is 0.396 e. The maximum absolute atomic E-state index is 12.4. The van der Waals surface area contributed by atoms with Crippen LogP contribution in [0, 0.1) is 5.92 Å². The SMILES string of the molecule is CSc1ccccc1NC(=O)N(C)C1CCC(CO)CC1. The standard InChI is InChI=1S/C16H24N2O2S/c1-18(13-9-7-12(11-19)8-10-13)16(20)17-14-5-3-4-6-15(14)21-2/h3-6,12-13,19H,7-11H2,1-2H3,(H,17,20). The summed E-state index contributed by atoms with van der Waals surface area (Å²) in [5.41, 5.74) is 0.867. The lowest BCUT2D eigenvalue weighted by molar-refractivity contribution is 0.139. The number of rotatable bonds is 4. The topological polar surface area (TPSA) is 52.6 Å². The number of amides is 2. The van der Waals surface area contributed by atoms with Crippen molar-refractivity contribution in [1.82, 2.24) is 4.90 Å². The number of aliphatic hydroxyl groups excluding tert-OH is 1. The minimum Gasteiger partial charge on any atom is -0.396 e. The number of carbonyl (C=O) groups is 1. The molecule has 0 bridgehead atoms. The minimum atomic E-state index is -0.0519. The van der Waals surface area contributed by atoms with Gasteiger partial charge in [-0.05, 0) is 50.0 Å². The summed E-state index contributed by atoms with van der Waals surface area (Å²) in [6.45, 7) is 0.268. The first-order valence-electron chi connectivity index (χ1n) is 7.43. The summed E-state index contributed by atoms with van der Waals surface area (Å²) in [6, 6.07) is 8.06. The summed E-state index contributed by atoms with van der Waals surface area (Å²) in [4.78, 5) is 15.3. The first kappa shape index (κ1) is 16.2. The zero-order valence-electron chi connectivity index (χ0n) is 12.7. The van der Waals surface area contributed by atoms with Crippen LogP contribution in [-0.2, 0) is 0 Å². The molecule has 0 spiro atoms. The molecule has 1 fully saturated rings. The van der Waals surface area contributed by atoms with Gasteiger partial charge in [0.25, 0.3) is 0 Å². The maximum atomic E-state index is 12.4. The molecular formula is C16H24N2O2S. The molecule has 1 aliphatic carbocycles. The number of carbonyl (C=O) groups excluding carboxylic acids is 1. The van der Waals surface area contributed by atoms with Gasteiger partial charge in [0, 0.05) is 24.6 Å². The number of nitrogens with zero attached hydrogens (tertiary/aromatic N) is 1. The van der Waals surface area contributed by atoms with E-state index in [1.165, 1.54) is 0 Å². The molecule has 0 aliphatic heterocycles. The Morgan fingerprint density at radius 2 is 2.00 bits per heavy atom. The van der Waals surface area contributed by atoms with Gasteiger partial charge in [-0.1, -0.05) is 12.1 Å². The molecule has 116 valence electrons. The maximum Gasteiger partial charge on any atom is 0.321 e. The van der Waals surface area contributed by atoms with Gasteiger partial charge >= 0.3 is 6.03 Å². The Bertz CT molecular complexity index is 473. The smallest absolute Gasteiger partial charge is 0.321 e. The Balaban J connectivity index is 1.94. The van der Waals surface area contributed by atoms with Crippen LogP contribution in [-0.4, -0.2) is 42.0 Å². The number of hydrogen-bond acceptors (Lipinski definition) is 3. The molecule has 1 aromatic carbocycles. The predicted molar refractivity (Wildman–Crippen MR) is 87.8 cm³/mol. The van der Waals surface area contributed by atoms with Crippen molar-refractivity contribution in [1.29, 1.82) is 0 Å². The monoisotopic (exact) mass is 308 g/mol. The molecule has 4 nitrogen and oxygen atoms in total. The average molecular weight is 308 g/mol. The van der Waals surface area contributed by atoms with Gasteiger partial charge in [0.2, 0.25) is 0 Å². The number of urea groups is 1. The molecule has 21 heavy (non-hydrogen) atoms. The third-order valence-corrected chi connectivity index (χ3v) is 5.09. The number of hydrogen-bond donors (Lipinski definition) is 2. The first-order valence-corrected chi connectivity index (χ1v) is 8.66. The van der Waals surface area contributed by atoms with E-state index < -0.39 is 0 Å². The molecule has 1 saturated carbocycles. The quantitative estimate of drug-likeness (QED) is 0.838. The molecule has 0 radical (unpaired) electrons. The van der Waals surface area contributed by atoms with Crippen LogP contribution in [0.25, 0.3) is 0 Å². The van der Waals surface area contributed by atoms with Gasteiger partial charge in [0.15, 0.2) is 0 Å². The first-order chi connectivity index (χ1) is 10.2. The Kier molecular flexibility index (Phi) is 5.94. The molecule has 0 saturated heterocycles. The zero-order valence-corrected chi connectivity index (χ0v) is 13.5. The molecule has 0 aromatic heterocycles. The third kappa shape index (κ3) is 4.14. The van der Waals surface area contributed by atoms with Gasteiger partial charge in [0.05, 0.1) is 5.69 Å². The summed E-state index contributed by atoms with van der Waals surface area (Å²) in [7, 11) is 1.86. The zero-order chi connectivity index (χ0) is 15.2. The van der Waals surface area contributed by atoms with Gasteiger partial charge in [-0.3, -0.25) is 0 Å². The van der Waals surface area contributed by atoms with Gasteiger partial charge in [-0.25, -0.2) is 4.79 Å². The van der Waals surface area contributed by atoms with Crippen LogP contribution in [0.4, 0.5) is 10.5 Å². The van der Waals surface area contributed by atoms with E-state index in [0.29, 0.717) is 5.92 Å². The average Bonchev–Trinajstić information content (AvgIpc) is 2.54. The second kappa shape index (κ2) is 7.71. The molecule has 0 unspecified atom stereocenters. The van der Waals surface area contributed by atoms with E-state index >= 15 is 0 Å². The molecule has 1 aliphatic rings. The molecule has 5 heteroatoms. The predicted octanol–water partition coefficient (Wildman–Crippen LogP) is 3.42. The van der Waals surface area contributed by atoms with Crippen molar-refractivity contribution in [2.45, 2.75) is 36.6 Å². The minimum absolute atomic E-state index is 0.0519. The molecule has 0 atom stereocenters. The number of nitrogens with one attached hydrogen (secondary N) is 1. The molecule has 2 rings (SSSR count). The Labute approximate surface area is 130 Å². The summed E-state index contributed by atoms with van der Waals surface area (Å²) in [6.07, 6.45) is 5.95. The van der Waals surface area contributed by atoms with E-state index in [0.717, 1.165) is 36.3 Å². The number of thioether (sulfide) groups is 1. The highest BCUT2D eigenvalue weighted by atomic mass is 32.2. The van der Waals surface area contributed by atoms with Crippen molar-refractivity contribution in [2.24, 2.45) is 5.92 Å². The van der Waals surface area contributed by atoms with Gasteiger partial charge in [-0.15, -0.1) is 11.8 Å². The fourth-order valence-electron chi connectivity index (χ4n) is 2.83. The number of anilines is 1. The van der Waals surface area contributed by atoms with Crippen molar-refractivity contribution in [2.75, 3.05) is 25.2 Å². The molecule has 2 N–H and O–H groups in total. The summed E-state index contributed by atoms with van der Waals surface area (Å²) in [5, 5.41) is 12.2. The van der Waals surface area contributed by atoms with Crippen LogP contribution in [0.5, 0.6) is 0 Å². The van der Waals surface area contributed by atoms with E-state index in [1.54, 1.807) is 11.8 Å². The van der Waals surface area contributed by atoms with Gasteiger partial charge < -0.3 is 15.3 Å². The second-order valence-corrected chi connectivity index (χ2v) is 6.45. The number of para-hydroxylation sites is 1. The van der Waals surface area contributed by atoms with Crippen LogP contribution >= 0.6 is 11.8 Å². The molecule has 0 heterocycles. The van der Waals surface area contributed by atoms with Crippen LogP contribution in [0.15, 0.2) is 29.2 Å². The number of benzene rings is 1. The van der Waals surface area contributed by atoms with Gasteiger partial charge in [-0.2, -0.15) is 0 Å². The van der Waals surface area contributed by atoms with Crippen LogP contribution < -0.4 is 5.32 Å². The lowest BCUT2D eigenvalue weighted by Gasteiger charge is -2.34. The lowest BCUT2D eigenvalue weighted by atomic mass is 9.86. The van der Waals surface area contributed by atoms with Crippen LogP contribution in [0.1, 0.15) is 25.7 Å². The second-order valence-electron chi connectivity index (χ2n) is 5.60. The fraction of sp³-hybridized carbons (Fsp3) is 0.562. The fourth-order valence-corrected chi connectivity index (χ4v) is 3.39. The van der Waals surface area contributed by atoms with Crippen molar-refractivity contribution in [3.8, 4) is 0 Å².